The Morgan fingerprint density at radius 1 is 0.471 bits per heavy atom. The van der Waals surface area contributed by atoms with Crippen LogP contribution in [0.1, 0.15) is 233 Å². The van der Waals surface area contributed by atoms with Crippen molar-refractivity contribution < 1.29 is 42.9 Å². The molecule has 0 N–H and O–H groups in total. The summed E-state index contributed by atoms with van der Waals surface area (Å²) in [5, 5.41) is 0. The molecule has 0 saturated carbocycles. The predicted molar refractivity (Wildman–Crippen MR) is 273 cm³/mol. The van der Waals surface area contributed by atoms with Gasteiger partial charge < -0.3 is 23.7 Å². The fourth-order valence-corrected chi connectivity index (χ4v) is 9.41. The van der Waals surface area contributed by atoms with Crippen LogP contribution in [0.4, 0.5) is 0 Å². The van der Waals surface area contributed by atoms with Crippen LogP contribution in [-0.4, -0.2) is 52.1 Å². The van der Waals surface area contributed by atoms with E-state index in [0.717, 1.165) is 88.4 Å². The third kappa shape index (κ3) is 24.1. The van der Waals surface area contributed by atoms with Crippen molar-refractivity contribution >= 4 is 18.1 Å². The van der Waals surface area contributed by atoms with Gasteiger partial charge in [0.1, 0.15) is 17.2 Å². The molecule has 0 bridgehead atoms. The van der Waals surface area contributed by atoms with E-state index in [0.29, 0.717) is 12.8 Å². The van der Waals surface area contributed by atoms with Gasteiger partial charge in [-0.15, -0.1) is 0 Å². The summed E-state index contributed by atoms with van der Waals surface area (Å²) >= 11 is 0. The van der Waals surface area contributed by atoms with Gasteiger partial charge in [0.15, 0.2) is 0 Å². The zero-order valence-electron chi connectivity index (χ0n) is 42.6. The fourth-order valence-electron chi connectivity index (χ4n) is 9.41. The Kier molecular flexibility index (Phi) is 32.5. The van der Waals surface area contributed by atoms with Crippen LogP contribution in [0.2, 0.25) is 0 Å². The quantitative estimate of drug-likeness (QED) is 0.0319. The number of methoxy groups -OCH3 is 2. The largest absolute Gasteiger partial charge is 0.494 e. The van der Waals surface area contributed by atoms with Gasteiger partial charge in [-0.05, 0) is 73.1 Å². The monoisotopic (exact) mass is 941 g/mol. The topological polar surface area (TPSA) is 114 Å². The van der Waals surface area contributed by atoms with E-state index in [-0.39, 0.29) is 24.0 Å². The lowest BCUT2D eigenvalue weighted by Gasteiger charge is -2.31. The first-order valence-electron chi connectivity index (χ1n) is 26.8. The number of rotatable bonds is 39. The predicted octanol–water partition coefficient (Wildman–Crippen LogP) is 15.4. The molecule has 0 amide bonds. The number of esters is 2. The molecule has 3 aromatic rings. The Morgan fingerprint density at radius 3 is 1.22 bits per heavy atom. The maximum Gasteiger partial charge on any atom is 0.373 e. The van der Waals surface area contributed by atoms with Crippen LogP contribution in [0, 0.1) is 0 Å². The summed E-state index contributed by atoms with van der Waals surface area (Å²) in [6.07, 6.45) is 36.1. The maximum atomic E-state index is 11.3. The second kappa shape index (κ2) is 38.3. The number of ether oxygens (including phenoxy) is 5. The summed E-state index contributed by atoms with van der Waals surface area (Å²) in [7, 11) is 2.93. The summed E-state index contributed by atoms with van der Waals surface area (Å²) in [6, 6.07) is 22.1. The molecule has 378 valence electrons. The Hall–Kier alpha value is -4.62. The first-order chi connectivity index (χ1) is 33.5. The Bertz CT molecular complexity index is 1820. The Labute approximate surface area is 411 Å². The number of fused-ring (bicyclic) bond motifs is 2. The van der Waals surface area contributed by atoms with Gasteiger partial charge in [0, 0.05) is 36.3 Å². The molecular formula is C59H88O9. The molecule has 4 rings (SSSR count). The van der Waals surface area contributed by atoms with Crippen molar-refractivity contribution in [2.75, 3.05) is 34.0 Å². The standard InChI is InChI=1S/C58H88O7.CO2/c1-4-5-6-7-8-9-14-20-25-30-44-64-54-39-33-37-50-52(54)47-53-51(38-34-40-55(53)65-45-31-26-21-16-11-13-18-23-28-42-57(60)62-3)58(50)48-35-32-36-49(46-48)63-43-29-24-19-15-10-12-17-22-27-41-56(59)61-2;2-1-3/h32-40,46,58H,4-31,41-45,47H2,1-3H3;. The van der Waals surface area contributed by atoms with E-state index >= 15 is 0 Å². The molecule has 1 unspecified atom stereocenters. The van der Waals surface area contributed by atoms with Gasteiger partial charge in [0.05, 0.1) is 34.0 Å². The lowest BCUT2D eigenvalue weighted by Crippen LogP contribution is -2.18. The van der Waals surface area contributed by atoms with Gasteiger partial charge >= 0.3 is 18.1 Å². The normalized spacial score (nSPS) is 12.5. The minimum Gasteiger partial charge on any atom is -0.494 e. The summed E-state index contributed by atoms with van der Waals surface area (Å²) in [6.45, 7) is 4.48. The maximum absolute atomic E-state index is 11.3. The lowest BCUT2D eigenvalue weighted by atomic mass is 9.74. The molecule has 9 heteroatoms. The molecular weight excluding hydrogens is 853 g/mol. The van der Waals surface area contributed by atoms with Crippen molar-refractivity contribution in [1.29, 1.82) is 0 Å². The summed E-state index contributed by atoms with van der Waals surface area (Å²) < 4.78 is 29.2. The van der Waals surface area contributed by atoms with Gasteiger partial charge in [-0.1, -0.05) is 191 Å². The van der Waals surface area contributed by atoms with Crippen LogP contribution >= 0.6 is 0 Å². The van der Waals surface area contributed by atoms with E-state index in [2.05, 4.69) is 67.6 Å². The average molecular weight is 941 g/mol. The van der Waals surface area contributed by atoms with Crippen molar-refractivity contribution in [3.63, 3.8) is 0 Å². The van der Waals surface area contributed by atoms with Crippen LogP contribution in [0.25, 0.3) is 0 Å². The van der Waals surface area contributed by atoms with Gasteiger partial charge in [0.2, 0.25) is 0 Å². The number of carbonyl (C=O) groups is 2. The Morgan fingerprint density at radius 2 is 0.824 bits per heavy atom. The van der Waals surface area contributed by atoms with Crippen molar-refractivity contribution in [1.82, 2.24) is 0 Å². The van der Waals surface area contributed by atoms with Gasteiger partial charge in [-0.2, -0.15) is 9.59 Å². The number of carbonyl (C=O) groups excluding carboxylic acids is 4. The van der Waals surface area contributed by atoms with Crippen molar-refractivity contribution in [2.24, 2.45) is 0 Å². The minimum atomic E-state index is -0.0974. The molecule has 0 saturated heterocycles. The highest BCUT2D eigenvalue weighted by atomic mass is 16.5. The first-order valence-corrected chi connectivity index (χ1v) is 26.8. The van der Waals surface area contributed by atoms with E-state index < -0.39 is 0 Å². The number of benzene rings is 3. The van der Waals surface area contributed by atoms with Crippen LogP contribution in [0.5, 0.6) is 17.2 Å². The van der Waals surface area contributed by atoms with Crippen LogP contribution < -0.4 is 14.2 Å². The molecule has 68 heavy (non-hydrogen) atoms. The third-order valence-electron chi connectivity index (χ3n) is 13.3. The first kappa shape index (κ1) is 57.7. The van der Waals surface area contributed by atoms with Crippen LogP contribution in [0.3, 0.4) is 0 Å². The zero-order valence-corrected chi connectivity index (χ0v) is 42.6. The molecule has 1 aliphatic carbocycles. The molecule has 1 atom stereocenters. The Balaban J connectivity index is 0.00000397. The highest BCUT2D eigenvalue weighted by Gasteiger charge is 2.31. The van der Waals surface area contributed by atoms with Gasteiger partial charge in [-0.25, -0.2) is 0 Å². The molecule has 9 nitrogen and oxygen atoms in total. The van der Waals surface area contributed by atoms with E-state index in [1.54, 1.807) is 0 Å². The van der Waals surface area contributed by atoms with Crippen molar-refractivity contribution in [3.05, 3.63) is 88.5 Å². The minimum absolute atomic E-state index is 0.0580. The van der Waals surface area contributed by atoms with E-state index in [4.69, 9.17) is 33.3 Å². The summed E-state index contributed by atoms with van der Waals surface area (Å²) in [5.41, 5.74) is 6.43. The lowest BCUT2D eigenvalue weighted by molar-refractivity contribution is -0.191. The fraction of sp³-hybridized carbons (Fsp3) is 0.644. The highest BCUT2D eigenvalue weighted by Crippen LogP contribution is 2.47. The number of hydrogen-bond acceptors (Lipinski definition) is 9. The highest BCUT2D eigenvalue weighted by molar-refractivity contribution is 5.69. The number of hydrogen-bond donors (Lipinski definition) is 0. The van der Waals surface area contributed by atoms with Gasteiger partial charge in [0.25, 0.3) is 0 Å². The molecule has 0 aromatic heterocycles. The smallest absolute Gasteiger partial charge is 0.373 e. The number of unbranched alkanes of at least 4 members (excludes halogenated alkanes) is 25. The molecule has 1 aliphatic rings. The molecule has 3 aromatic carbocycles. The molecule has 0 radical (unpaired) electrons. The van der Waals surface area contributed by atoms with E-state index in [9.17, 15) is 9.59 Å². The average Bonchev–Trinajstić information content (AvgIpc) is 3.35. The van der Waals surface area contributed by atoms with E-state index in [1.807, 2.05) is 0 Å². The summed E-state index contributed by atoms with van der Waals surface area (Å²) in [4.78, 5) is 38.9. The van der Waals surface area contributed by atoms with Crippen LogP contribution in [0.15, 0.2) is 60.7 Å². The SMILES string of the molecule is CCCCCCCCCCCCOc1cccc2c1Cc1c(OCCCCCCCCCCCC(=O)OC)cccc1C2c1cccc(OCCCCCCCCCCCC(=O)OC)c1.O=C=O. The van der Waals surface area contributed by atoms with Crippen LogP contribution in [-0.2, 0) is 35.1 Å². The van der Waals surface area contributed by atoms with E-state index in [1.165, 1.54) is 177 Å². The van der Waals surface area contributed by atoms with Crippen molar-refractivity contribution in [2.45, 2.75) is 212 Å². The van der Waals surface area contributed by atoms with Gasteiger partial charge in [-0.3, -0.25) is 9.59 Å². The van der Waals surface area contributed by atoms with Crippen molar-refractivity contribution in [3.8, 4) is 17.2 Å². The molecule has 0 aliphatic heterocycles. The molecule has 0 heterocycles. The zero-order chi connectivity index (χ0) is 48.7. The second-order valence-corrected chi connectivity index (χ2v) is 18.7. The molecule has 0 fully saturated rings. The molecule has 0 spiro atoms. The summed E-state index contributed by atoms with van der Waals surface area (Å²) in [5.74, 6) is 2.81. The third-order valence-corrected chi connectivity index (χ3v) is 13.3. The second-order valence-electron chi connectivity index (χ2n) is 18.7.